The van der Waals surface area contributed by atoms with Gasteiger partial charge >= 0.3 is 0 Å². The quantitative estimate of drug-likeness (QED) is 0.561. The van der Waals surface area contributed by atoms with E-state index in [1.807, 2.05) is 30.3 Å². The molecule has 3 N–H and O–H groups in total. The Kier molecular flexibility index (Phi) is 5.70. The van der Waals surface area contributed by atoms with E-state index in [1.54, 1.807) is 0 Å². The Morgan fingerprint density at radius 1 is 1.29 bits per heavy atom. The molecule has 0 heterocycles. The molecule has 0 spiro atoms. The predicted octanol–water partition coefficient (Wildman–Crippen LogP) is 2.44. The number of hydrogen-bond acceptors (Lipinski definition) is 2. The molecule has 0 aliphatic heterocycles. The smallest absolute Gasteiger partial charge is 0.0995 e. The lowest BCUT2D eigenvalue weighted by molar-refractivity contribution is 0.285. The first kappa shape index (κ1) is 13.7. The van der Waals surface area contributed by atoms with Gasteiger partial charge in [0.2, 0.25) is 0 Å². The van der Waals surface area contributed by atoms with Gasteiger partial charge in [0, 0.05) is 6.54 Å². The molecule has 0 saturated carbocycles. The van der Waals surface area contributed by atoms with Crippen LogP contribution in [0.15, 0.2) is 30.3 Å². The molecule has 0 amide bonds. The fraction of sp³-hybridized carbons (Fsp3) is 0.500. The van der Waals surface area contributed by atoms with Crippen LogP contribution in [-0.2, 0) is 0 Å². The lowest BCUT2D eigenvalue weighted by Gasteiger charge is -2.25. The van der Waals surface area contributed by atoms with Crippen LogP contribution in [0.1, 0.15) is 31.7 Å². The van der Waals surface area contributed by atoms with E-state index in [2.05, 4.69) is 18.7 Å². The zero-order chi connectivity index (χ0) is 12.7. The Balaban J connectivity index is 2.77. The summed E-state index contributed by atoms with van der Waals surface area (Å²) < 4.78 is 0. The molecule has 17 heavy (non-hydrogen) atoms. The second kappa shape index (κ2) is 7.07. The maximum absolute atomic E-state index is 7.74. The Morgan fingerprint density at radius 2 is 1.94 bits per heavy atom. The molecule has 0 bridgehead atoms. The minimum Gasteiger partial charge on any atom is -0.387 e. The fourth-order valence-electron chi connectivity index (χ4n) is 2.02. The van der Waals surface area contributed by atoms with Crippen LogP contribution < -0.4 is 5.73 Å². The Hall–Kier alpha value is -1.35. The van der Waals surface area contributed by atoms with Crippen LogP contribution in [0.5, 0.6) is 0 Å². The molecule has 0 aliphatic rings. The molecule has 1 unspecified atom stereocenters. The second-order valence-electron chi connectivity index (χ2n) is 4.31. The van der Waals surface area contributed by atoms with Crippen LogP contribution in [0.2, 0.25) is 0 Å². The van der Waals surface area contributed by atoms with E-state index in [1.165, 1.54) is 0 Å². The molecular weight excluding hydrogens is 210 g/mol. The van der Waals surface area contributed by atoms with Crippen molar-refractivity contribution in [3.8, 4) is 0 Å². The van der Waals surface area contributed by atoms with Crippen molar-refractivity contribution in [2.75, 3.05) is 19.6 Å². The Labute approximate surface area is 104 Å². The second-order valence-corrected chi connectivity index (χ2v) is 4.31. The van der Waals surface area contributed by atoms with E-state index in [0.29, 0.717) is 0 Å². The van der Waals surface area contributed by atoms with Gasteiger partial charge < -0.3 is 10.6 Å². The SMILES string of the molecule is CCCN(CC)CC(C(=N)N)c1ccccc1. The molecule has 94 valence electrons. The average Bonchev–Trinajstić information content (AvgIpc) is 2.35. The number of amidine groups is 1. The van der Waals surface area contributed by atoms with Crippen LogP contribution in [0.25, 0.3) is 0 Å². The highest BCUT2D eigenvalue weighted by molar-refractivity contribution is 5.84. The first-order valence-electron chi connectivity index (χ1n) is 6.30. The van der Waals surface area contributed by atoms with Crippen molar-refractivity contribution < 1.29 is 0 Å². The van der Waals surface area contributed by atoms with E-state index in [0.717, 1.165) is 31.6 Å². The normalized spacial score (nSPS) is 12.6. The van der Waals surface area contributed by atoms with E-state index < -0.39 is 0 Å². The van der Waals surface area contributed by atoms with Crippen molar-refractivity contribution in [3.63, 3.8) is 0 Å². The number of likely N-dealkylation sites (N-methyl/N-ethyl adjacent to an activating group) is 1. The summed E-state index contributed by atoms with van der Waals surface area (Å²) in [6.45, 7) is 7.23. The average molecular weight is 233 g/mol. The molecule has 0 radical (unpaired) electrons. The van der Waals surface area contributed by atoms with Gasteiger partial charge in [-0.2, -0.15) is 0 Å². The van der Waals surface area contributed by atoms with Crippen molar-refractivity contribution >= 4 is 5.84 Å². The first-order valence-corrected chi connectivity index (χ1v) is 6.30. The van der Waals surface area contributed by atoms with Gasteiger partial charge in [-0.1, -0.05) is 44.2 Å². The summed E-state index contributed by atoms with van der Waals surface area (Å²) in [7, 11) is 0. The molecule has 0 fully saturated rings. The van der Waals surface area contributed by atoms with Gasteiger partial charge in [-0.05, 0) is 25.1 Å². The van der Waals surface area contributed by atoms with Crippen molar-refractivity contribution in [3.05, 3.63) is 35.9 Å². The van der Waals surface area contributed by atoms with Crippen LogP contribution in [0.4, 0.5) is 0 Å². The number of hydrogen-bond donors (Lipinski definition) is 2. The summed E-state index contributed by atoms with van der Waals surface area (Å²) in [5, 5.41) is 7.74. The highest BCUT2D eigenvalue weighted by atomic mass is 15.1. The molecule has 0 saturated heterocycles. The van der Waals surface area contributed by atoms with Crippen molar-refractivity contribution in [2.45, 2.75) is 26.2 Å². The third kappa shape index (κ3) is 4.19. The number of rotatable bonds is 7. The van der Waals surface area contributed by atoms with Gasteiger partial charge in [-0.25, -0.2) is 0 Å². The minimum atomic E-state index is 0.0164. The summed E-state index contributed by atoms with van der Waals surface area (Å²) in [5.41, 5.74) is 6.86. The van der Waals surface area contributed by atoms with E-state index in [-0.39, 0.29) is 11.8 Å². The maximum Gasteiger partial charge on any atom is 0.0995 e. The van der Waals surface area contributed by atoms with Crippen molar-refractivity contribution in [2.24, 2.45) is 5.73 Å². The third-order valence-electron chi connectivity index (χ3n) is 3.01. The van der Waals surface area contributed by atoms with Crippen molar-refractivity contribution in [1.29, 1.82) is 5.41 Å². The topological polar surface area (TPSA) is 53.1 Å². The summed E-state index contributed by atoms with van der Waals surface area (Å²) >= 11 is 0. The zero-order valence-electron chi connectivity index (χ0n) is 10.8. The molecule has 1 aromatic rings. The van der Waals surface area contributed by atoms with Crippen LogP contribution in [-0.4, -0.2) is 30.4 Å². The van der Waals surface area contributed by atoms with E-state index in [4.69, 9.17) is 11.1 Å². The van der Waals surface area contributed by atoms with Gasteiger partial charge in [0.1, 0.15) is 0 Å². The van der Waals surface area contributed by atoms with Gasteiger partial charge in [-0.3, -0.25) is 5.41 Å². The lowest BCUT2D eigenvalue weighted by Crippen LogP contribution is -2.35. The number of benzene rings is 1. The number of nitrogens with two attached hydrogens (primary N) is 1. The number of nitrogens with one attached hydrogen (secondary N) is 1. The molecule has 3 nitrogen and oxygen atoms in total. The molecular formula is C14H23N3. The molecule has 0 aliphatic carbocycles. The molecule has 1 rings (SSSR count). The van der Waals surface area contributed by atoms with E-state index in [9.17, 15) is 0 Å². The third-order valence-corrected chi connectivity index (χ3v) is 3.01. The zero-order valence-corrected chi connectivity index (χ0v) is 10.8. The van der Waals surface area contributed by atoms with Gasteiger partial charge in [0.05, 0.1) is 11.8 Å². The largest absolute Gasteiger partial charge is 0.387 e. The fourth-order valence-corrected chi connectivity index (χ4v) is 2.02. The van der Waals surface area contributed by atoms with Crippen LogP contribution >= 0.6 is 0 Å². The lowest BCUT2D eigenvalue weighted by atomic mass is 9.97. The van der Waals surface area contributed by atoms with Gasteiger partial charge in [0.25, 0.3) is 0 Å². The Bertz CT molecular complexity index is 335. The first-order chi connectivity index (χ1) is 8.19. The maximum atomic E-state index is 7.74. The number of nitrogens with zero attached hydrogens (tertiary/aromatic N) is 1. The summed E-state index contributed by atoms with van der Waals surface area (Å²) in [6, 6.07) is 10.1. The summed E-state index contributed by atoms with van der Waals surface area (Å²) in [6.07, 6.45) is 1.13. The highest BCUT2D eigenvalue weighted by Crippen LogP contribution is 2.16. The summed E-state index contributed by atoms with van der Waals surface area (Å²) in [4.78, 5) is 2.35. The van der Waals surface area contributed by atoms with Gasteiger partial charge in [-0.15, -0.1) is 0 Å². The van der Waals surface area contributed by atoms with E-state index >= 15 is 0 Å². The highest BCUT2D eigenvalue weighted by Gasteiger charge is 2.17. The van der Waals surface area contributed by atoms with Crippen molar-refractivity contribution in [1.82, 2.24) is 4.90 Å². The standard InChI is InChI=1S/C14H23N3/c1-3-10-17(4-2)11-13(14(15)16)12-8-6-5-7-9-12/h5-9,13H,3-4,10-11H2,1-2H3,(H3,15,16). The molecule has 3 heteroatoms. The van der Waals surface area contributed by atoms with Crippen LogP contribution in [0.3, 0.4) is 0 Å². The predicted molar refractivity (Wildman–Crippen MR) is 73.5 cm³/mol. The minimum absolute atomic E-state index is 0.0164. The molecule has 1 aromatic carbocycles. The van der Waals surface area contributed by atoms with Gasteiger partial charge in [0.15, 0.2) is 0 Å². The Morgan fingerprint density at radius 3 is 2.41 bits per heavy atom. The molecule has 1 atom stereocenters. The van der Waals surface area contributed by atoms with Crippen LogP contribution in [0, 0.1) is 5.41 Å². The monoisotopic (exact) mass is 233 g/mol. The molecule has 0 aromatic heterocycles. The summed E-state index contributed by atoms with van der Waals surface area (Å²) in [5.74, 6) is 0.272.